The Hall–Kier alpha value is -2.70. The van der Waals surface area contributed by atoms with Gasteiger partial charge in [-0.2, -0.15) is 0 Å². The van der Waals surface area contributed by atoms with E-state index in [1.54, 1.807) is 25.3 Å². The first-order chi connectivity index (χ1) is 14.4. The van der Waals surface area contributed by atoms with Gasteiger partial charge in [0, 0.05) is 12.1 Å². The van der Waals surface area contributed by atoms with E-state index in [1.807, 2.05) is 24.3 Å². The lowest BCUT2D eigenvalue weighted by atomic mass is 10.1. The van der Waals surface area contributed by atoms with Gasteiger partial charge in [0.15, 0.2) is 5.76 Å². The second-order valence-electron chi connectivity index (χ2n) is 6.91. The number of nitrogens with one attached hydrogen (secondary N) is 1. The Morgan fingerprint density at radius 2 is 1.97 bits per heavy atom. The van der Waals surface area contributed by atoms with Crippen molar-refractivity contribution in [2.45, 2.75) is 19.4 Å². The largest absolute Gasteiger partial charge is 0.503 e. The molecule has 1 aliphatic rings. The number of hydrogen-bond donors (Lipinski definition) is 2. The van der Waals surface area contributed by atoms with Crippen LogP contribution in [0.15, 0.2) is 53.8 Å². The fraction of sp³-hybridized carbons (Fsp3) is 0.273. The lowest BCUT2D eigenvalue weighted by Gasteiger charge is -2.18. The van der Waals surface area contributed by atoms with Crippen molar-refractivity contribution in [3.63, 3.8) is 0 Å². The molecule has 0 saturated heterocycles. The van der Waals surface area contributed by atoms with E-state index in [-0.39, 0.29) is 18.7 Å². The van der Waals surface area contributed by atoms with Gasteiger partial charge in [-0.3, -0.25) is 9.59 Å². The van der Waals surface area contributed by atoms with Crippen LogP contribution in [-0.2, 0) is 22.6 Å². The summed E-state index contributed by atoms with van der Waals surface area (Å²) in [5.41, 5.74) is 1.88. The van der Waals surface area contributed by atoms with Gasteiger partial charge in [0.05, 0.1) is 35.8 Å². The van der Waals surface area contributed by atoms with E-state index in [0.29, 0.717) is 35.2 Å². The third-order valence-corrected chi connectivity index (χ3v) is 5.60. The van der Waals surface area contributed by atoms with Crippen LogP contribution in [0, 0.1) is 0 Å². The molecule has 0 aliphatic carbocycles. The van der Waals surface area contributed by atoms with Crippen LogP contribution in [0.5, 0.6) is 5.75 Å². The van der Waals surface area contributed by atoms with Gasteiger partial charge in [0.1, 0.15) is 5.75 Å². The molecule has 158 valence electrons. The molecule has 0 spiro atoms. The maximum Gasteiger partial charge on any atom is 0.289 e. The molecule has 6 nitrogen and oxygen atoms in total. The Morgan fingerprint density at radius 1 is 1.20 bits per heavy atom. The summed E-state index contributed by atoms with van der Waals surface area (Å²) in [6, 6.07) is 12.7. The van der Waals surface area contributed by atoms with Crippen molar-refractivity contribution in [3.8, 4) is 5.75 Å². The molecular weight excluding hydrogens is 427 g/mol. The fourth-order valence-corrected chi connectivity index (χ4v) is 3.58. The summed E-state index contributed by atoms with van der Waals surface area (Å²) < 4.78 is 5.30. The number of amides is 2. The number of aliphatic hydroxyl groups excluding tert-OH is 1. The van der Waals surface area contributed by atoms with Crippen molar-refractivity contribution < 1.29 is 19.4 Å². The molecule has 2 amide bonds. The number of nitrogens with zero attached hydrogens (tertiary/aromatic N) is 1. The van der Waals surface area contributed by atoms with Gasteiger partial charge in [-0.25, -0.2) is 0 Å². The molecule has 3 rings (SSSR count). The van der Waals surface area contributed by atoms with Crippen LogP contribution >= 0.6 is 23.2 Å². The van der Waals surface area contributed by atoms with E-state index >= 15 is 0 Å². The molecule has 0 bridgehead atoms. The number of ether oxygens (including phenoxy) is 1. The second-order valence-corrected chi connectivity index (χ2v) is 7.72. The Bertz CT molecular complexity index is 991. The molecule has 0 aromatic heterocycles. The van der Waals surface area contributed by atoms with E-state index in [4.69, 9.17) is 27.9 Å². The Morgan fingerprint density at radius 3 is 2.70 bits per heavy atom. The normalized spacial score (nSPS) is 13.7. The highest BCUT2D eigenvalue weighted by Gasteiger charge is 2.34. The van der Waals surface area contributed by atoms with Gasteiger partial charge in [-0.05, 0) is 36.6 Å². The van der Waals surface area contributed by atoms with Gasteiger partial charge in [0.2, 0.25) is 0 Å². The molecular formula is C22H22Cl2N2O4. The van der Waals surface area contributed by atoms with Crippen LogP contribution in [0.2, 0.25) is 10.0 Å². The molecule has 1 aliphatic heterocycles. The lowest BCUT2D eigenvalue weighted by molar-refractivity contribution is -0.128. The zero-order chi connectivity index (χ0) is 21.7. The maximum absolute atomic E-state index is 12.5. The summed E-state index contributed by atoms with van der Waals surface area (Å²) in [6.45, 7) is 0.679. The van der Waals surface area contributed by atoms with Crippen LogP contribution in [0.3, 0.4) is 0 Å². The molecule has 2 aromatic rings. The molecule has 0 radical (unpaired) electrons. The Labute approximate surface area is 185 Å². The topological polar surface area (TPSA) is 78.9 Å². The molecule has 8 heteroatoms. The lowest BCUT2D eigenvalue weighted by Crippen LogP contribution is -2.30. The predicted molar refractivity (Wildman–Crippen MR) is 116 cm³/mol. The van der Waals surface area contributed by atoms with E-state index < -0.39 is 17.6 Å². The highest BCUT2D eigenvalue weighted by atomic mass is 35.5. The molecule has 0 unspecified atom stereocenters. The Balaban J connectivity index is 1.53. The summed E-state index contributed by atoms with van der Waals surface area (Å²) in [5, 5.41) is 13.9. The van der Waals surface area contributed by atoms with Gasteiger partial charge >= 0.3 is 0 Å². The number of carbonyl (C=O) groups is 2. The number of carbonyl (C=O) groups excluding carboxylic acids is 2. The number of benzene rings is 2. The van der Waals surface area contributed by atoms with Crippen molar-refractivity contribution in [1.82, 2.24) is 10.2 Å². The van der Waals surface area contributed by atoms with Crippen molar-refractivity contribution >= 4 is 35.0 Å². The highest BCUT2D eigenvalue weighted by Crippen LogP contribution is 2.25. The van der Waals surface area contributed by atoms with E-state index in [2.05, 4.69) is 5.32 Å². The molecule has 0 atom stereocenters. The summed E-state index contributed by atoms with van der Waals surface area (Å²) in [7, 11) is 1.55. The SMILES string of the molecule is COc1ccccc1CN1CC(C(=O)NCCCc2ccc(Cl)c(Cl)c2)=C(O)C1=O. The zero-order valence-electron chi connectivity index (χ0n) is 16.5. The van der Waals surface area contributed by atoms with Crippen molar-refractivity contribution in [1.29, 1.82) is 0 Å². The summed E-state index contributed by atoms with van der Waals surface area (Å²) in [6.07, 6.45) is 1.39. The van der Waals surface area contributed by atoms with Crippen LogP contribution < -0.4 is 10.1 Å². The minimum Gasteiger partial charge on any atom is -0.503 e. The van der Waals surface area contributed by atoms with Gasteiger partial charge in [0.25, 0.3) is 11.8 Å². The van der Waals surface area contributed by atoms with E-state index in [1.165, 1.54) is 4.90 Å². The molecule has 2 N–H and O–H groups in total. The van der Waals surface area contributed by atoms with Crippen LogP contribution in [0.25, 0.3) is 0 Å². The minimum atomic E-state index is -0.568. The quantitative estimate of drug-likeness (QED) is 0.600. The monoisotopic (exact) mass is 448 g/mol. The first-order valence-corrected chi connectivity index (χ1v) is 10.2. The number of methoxy groups -OCH3 is 1. The third-order valence-electron chi connectivity index (χ3n) is 4.86. The summed E-state index contributed by atoms with van der Waals surface area (Å²) >= 11 is 11.9. The molecule has 30 heavy (non-hydrogen) atoms. The third kappa shape index (κ3) is 5.07. The predicted octanol–water partition coefficient (Wildman–Crippen LogP) is 3.91. The number of aliphatic hydroxyl groups is 1. The smallest absolute Gasteiger partial charge is 0.289 e. The summed E-state index contributed by atoms with van der Waals surface area (Å²) in [5.74, 6) is -0.878. The number of rotatable bonds is 8. The van der Waals surface area contributed by atoms with Crippen LogP contribution in [0.4, 0.5) is 0 Å². The first-order valence-electron chi connectivity index (χ1n) is 9.46. The van der Waals surface area contributed by atoms with Crippen LogP contribution in [0.1, 0.15) is 17.5 Å². The van der Waals surface area contributed by atoms with E-state index in [9.17, 15) is 14.7 Å². The van der Waals surface area contributed by atoms with Gasteiger partial charge in [-0.1, -0.05) is 47.5 Å². The number of halogens is 2. The van der Waals surface area contributed by atoms with E-state index in [0.717, 1.165) is 11.1 Å². The van der Waals surface area contributed by atoms with Gasteiger partial charge in [-0.15, -0.1) is 0 Å². The average molecular weight is 449 g/mol. The molecule has 0 saturated carbocycles. The maximum atomic E-state index is 12.5. The first kappa shape index (κ1) is 22.0. The molecule has 0 fully saturated rings. The number of hydrogen-bond acceptors (Lipinski definition) is 4. The van der Waals surface area contributed by atoms with Crippen molar-refractivity contribution in [3.05, 3.63) is 75.0 Å². The summed E-state index contributed by atoms with van der Waals surface area (Å²) in [4.78, 5) is 26.2. The highest BCUT2D eigenvalue weighted by molar-refractivity contribution is 6.42. The fourth-order valence-electron chi connectivity index (χ4n) is 3.26. The van der Waals surface area contributed by atoms with Crippen LogP contribution in [-0.4, -0.2) is 42.0 Å². The standard InChI is InChI=1S/C22H22Cl2N2O4/c1-30-19-7-3-2-6-15(19)12-26-13-16(20(27)22(26)29)21(28)25-10-4-5-14-8-9-17(23)18(24)11-14/h2-3,6-9,11,27H,4-5,10,12-13H2,1H3,(H,25,28). The van der Waals surface area contributed by atoms with Crippen molar-refractivity contribution in [2.24, 2.45) is 0 Å². The number of para-hydroxylation sites is 1. The minimum absolute atomic E-state index is 0.0430. The molecule has 1 heterocycles. The zero-order valence-corrected chi connectivity index (χ0v) is 18.0. The number of aryl methyl sites for hydroxylation is 1. The Kier molecular flexibility index (Phi) is 7.24. The average Bonchev–Trinajstić information content (AvgIpc) is 3.02. The molecule has 2 aromatic carbocycles. The van der Waals surface area contributed by atoms with Gasteiger partial charge < -0.3 is 20.1 Å². The van der Waals surface area contributed by atoms with Crippen molar-refractivity contribution in [2.75, 3.05) is 20.2 Å². The second kappa shape index (κ2) is 9.87.